The Morgan fingerprint density at radius 1 is 1.18 bits per heavy atom. The number of ether oxygens (including phenoxy) is 2. The van der Waals surface area contributed by atoms with Gasteiger partial charge in [-0.2, -0.15) is 15.1 Å². The third-order valence-corrected chi connectivity index (χ3v) is 4.16. The van der Waals surface area contributed by atoms with Crippen LogP contribution in [-0.4, -0.2) is 44.9 Å². The van der Waals surface area contributed by atoms with Crippen molar-refractivity contribution in [3.05, 3.63) is 48.0 Å². The Labute approximate surface area is 162 Å². The number of nitrogens with zero attached hydrogens (tertiary/aromatic N) is 5. The Morgan fingerprint density at radius 3 is 2.54 bits per heavy atom. The summed E-state index contributed by atoms with van der Waals surface area (Å²) in [6.45, 7) is 4.52. The Morgan fingerprint density at radius 2 is 1.89 bits per heavy atom. The van der Waals surface area contributed by atoms with Crippen LogP contribution >= 0.6 is 0 Å². The summed E-state index contributed by atoms with van der Waals surface area (Å²) in [5, 5.41) is 7.08. The molecule has 0 bridgehead atoms. The normalized spacial score (nSPS) is 11.7. The molecule has 0 saturated carbocycles. The zero-order valence-electron chi connectivity index (χ0n) is 16.2. The zero-order valence-corrected chi connectivity index (χ0v) is 16.2. The number of carbonyl (C=O) groups is 1. The smallest absolute Gasteiger partial charge is 0.251 e. The van der Waals surface area contributed by atoms with E-state index in [0.717, 1.165) is 0 Å². The number of aromatic nitrogens is 5. The summed E-state index contributed by atoms with van der Waals surface area (Å²) < 4.78 is 12.1. The number of amides is 1. The number of hydrogen-bond donors (Lipinski definition) is 1. The second-order valence-corrected chi connectivity index (χ2v) is 5.99. The number of hydrogen-bond acceptors (Lipinski definition) is 7. The van der Waals surface area contributed by atoms with Gasteiger partial charge in [-0.3, -0.25) is 4.79 Å². The predicted octanol–water partition coefficient (Wildman–Crippen LogP) is 2.26. The summed E-state index contributed by atoms with van der Waals surface area (Å²) >= 11 is 0. The van der Waals surface area contributed by atoms with Crippen molar-refractivity contribution < 1.29 is 14.3 Å². The molecule has 1 N–H and O–H groups in total. The van der Waals surface area contributed by atoms with Crippen molar-refractivity contribution in [2.45, 2.75) is 26.4 Å². The molecule has 2 heterocycles. The van der Waals surface area contributed by atoms with E-state index in [0.29, 0.717) is 41.1 Å². The lowest BCUT2D eigenvalue weighted by molar-refractivity contribution is 0.0937. The van der Waals surface area contributed by atoms with Crippen molar-refractivity contribution >= 4 is 5.91 Å². The van der Waals surface area contributed by atoms with E-state index in [4.69, 9.17) is 9.47 Å². The molecule has 2 aromatic heterocycles. The number of nitrogens with one attached hydrogen (secondary N) is 1. The molecule has 1 aromatic carbocycles. The Kier molecular flexibility index (Phi) is 5.83. The van der Waals surface area contributed by atoms with Gasteiger partial charge in [-0.15, -0.1) is 0 Å². The van der Waals surface area contributed by atoms with Crippen molar-refractivity contribution in [1.82, 2.24) is 30.0 Å². The van der Waals surface area contributed by atoms with E-state index in [1.807, 2.05) is 19.9 Å². The minimum absolute atomic E-state index is 0.227. The fourth-order valence-corrected chi connectivity index (χ4v) is 2.74. The van der Waals surface area contributed by atoms with Crippen molar-refractivity contribution in [3.63, 3.8) is 0 Å². The first-order valence-corrected chi connectivity index (χ1v) is 8.81. The maximum Gasteiger partial charge on any atom is 0.251 e. The molecule has 28 heavy (non-hydrogen) atoms. The van der Waals surface area contributed by atoms with Gasteiger partial charge in [-0.05, 0) is 26.0 Å². The van der Waals surface area contributed by atoms with Crippen LogP contribution in [0, 0.1) is 0 Å². The summed E-state index contributed by atoms with van der Waals surface area (Å²) in [5.41, 5.74) is 1.16. The quantitative estimate of drug-likeness (QED) is 0.668. The number of carbonyl (C=O) groups excluding carboxylic acids is 1. The van der Waals surface area contributed by atoms with Gasteiger partial charge in [0.2, 0.25) is 11.8 Å². The summed E-state index contributed by atoms with van der Waals surface area (Å²) in [7, 11) is 3.04. The van der Waals surface area contributed by atoms with Gasteiger partial charge in [-0.25, -0.2) is 9.67 Å². The predicted molar refractivity (Wildman–Crippen MR) is 102 cm³/mol. The maximum atomic E-state index is 12.7. The molecule has 3 aromatic rings. The lowest BCUT2D eigenvalue weighted by Crippen LogP contribution is -2.28. The molecule has 3 rings (SSSR count). The molecule has 0 aliphatic carbocycles. The number of aryl methyl sites for hydroxylation is 1. The Balaban J connectivity index is 1.84. The average molecular weight is 382 g/mol. The molecule has 1 amide bonds. The third-order valence-electron chi connectivity index (χ3n) is 4.16. The summed E-state index contributed by atoms with van der Waals surface area (Å²) in [5.74, 6) is 1.64. The second kappa shape index (κ2) is 8.47. The minimum atomic E-state index is -0.285. The van der Waals surface area contributed by atoms with Gasteiger partial charge in [0.05, 0.1) is 26.3 Å². The van der Waals surface area contributed by atoms with Crippen molar-refractivity contribution in [2.24, 2.45) is 0 Å². The molecule has 9 heteroatoms. The first-order valence-electron chi connectivity index (χ1n) is 8.81. The van der Waals surface area contributed by atoms with E-state index in [1.165, 1.54) is 20.5 Å². The van der Waals surface area contributed by atoms with Crippen molar-refractivity contribution in [3.8, 4) is 23.1 Å². The van der Waals surface area contributed by atoms with Crippen LogP contribution in [0.1, 0.15) is 36.1 Å². The van der Waals surface area contributed by atoms with Gasteiger partial charge in [0, 0.05) is 17.7 Å². The van der Waals surface area contributed by atoms with E-state index >= 15 is 0 Å². The summed E-state index contributed by atoms with van der Waals surface area (Å²) in [6, 6.07) is 8.35. The van der Waals surface area contributed by atoms with Crippen LogP contribution in [0.25, 0.3) is 11.4 Å². The largest absolute Gasteiger partial charge is 0.481 e. The molecule has 1 atom stereocenters. The van der Waals surface area contributed by atoms with E-state index in [2.05, 4.69) is 25.4 Å². The van der Waals surface area contributed by atoms with Gasteiger partial charge in [0.15, 0.2) is 5.82 Å². The molecular weight excluding hydrogens is 360 g/mol. The molecular formula is C19H22N6O3. The van der Waals surface area contributed by atoms with E-state index in [9.17, 15) is 4.79 Å². The highest BCUT2D eigenvalue weighted by atomic mass is 16.5. The molecule has 9 nitrogen and oxygen atoms in total. The highest BCUT2D eigenvalue weighted by Crippen LogP contribution is 2.23. The zero-order chi connectivity index (χ0) is 20.1. The highest BCUT2D eigenvalue weighted by molar-refractivity contribution is 5.95. The summed E-state index contributed by atoms with van der Waals surface area (Å²) in [4.78, 5) is 25.6. The third kappa shape index (κ3) is 4.08. The first-order chi connectivity index (χ1) is 13.5. The molecule has 0 fully saturated rings. The molecule has 0 unspecified atom stereocenters. The summed E-state index contributed by atoms with van der Waals surface area (Å²) in [6.07, 6.45) is 1.48. The van der Waals surface area contributed by atoms with Gasteiger partial charge in [0.1, 0.15) is 12.2 Å². The van der Waals surface area contributed by atoms with Crippen LogP contribution in [0.4, 0.5) is 0 Å². The van der Waals surface area contributed by atoms with Crippen LogP contribution in [0.2, 0.25) is 0 Å². The molecule has 146 valence electrons. The monoisotopic (exact) mass is 382 g/mol. The fraction of sp³-hybridized carbons (Fsp3) is 0.316. The minimum Gasteiger partial charge on any atom is -0.481 e. The standard InChI is InChI=1S/C19H22N6O3/c1-5-25-18(20-11-21-25)12(2)22-19(26)14-8-6-7-13(9-14)17-23-15(27-3)10-16(24-17)28-4/h6-12H,5H2,1-4H3,(H,22,26)/t12-/m1/s1. The Bertz CT molecular complexity index is 950. The van der Waals surface area contributed by atoms with Gasteiger partial charge < -0.3 is 14.8 Å². The number of rotatable bonds is 7. The molecule has 0 radical (unpaired) electrons. The molecule has 0 saturated heterocycles. The van der Waals surface area contributed by atoms with E-state index < -0.39 is 0 Å². The SMILES string of the molecule is CCn1ncnc1[C@@H](C)NC(=O)c1cccc(-c2nc(OC)cc(OC)n2)c1. The first kappa shape index (κ1) is 19.3. The van der Waals surface area contributed by atoms with Crippen LogP contribution in [-0.2, 0) is 6.54 Å². The van der Waals surface area contributed by atoms with Gasteiger partial charge >= 0.3 is 0 Å². The van der Waals surface area contributed by atoms with E-state index in [1.54, 1.807) is 28.9 Å². The maximum absolute atomic E-state index is 12.7. The van der Waals surface area contributed by atoms with Crippen LogP contribution in [0.5, 0.6) is 11.8 Å². The average Bonchev–Trinajstić information content (AvgIpc) is 3.22. The van der Waals surface area contributed by atoms with Gasteiger partial charge in [0.25, 0.3) is 5.91 Å². The fourth-order valence-electron chi connectivity index (χ4n) is 2.74. The van der Waals surface area contributed by atoms with Crippen molar-refractivity contribution in [1.29, 1.82) is 0 Å². The highest BCUT2D eigenvalue weighted by Gasteiger charge is 2.17. The number of methoxy groups -OCH3 is 2. The lowest BCUT2D eigenvalue weighted by Gasteiger charge is -2.14. The van der Waals surface area contributed by atoms with Crippen LogP contribution < -0.4 is 14.8 Å². The van der Waals surface area contributed by atoms with Gasteiger partial charge in [-0.1, -0.05) is 12.1 Å². The molecule has 0 aliphatic heterocycles. The topological polar surface area (TPSA) is 104 Å². The molecule has 0 aliphatic rings. The van der Waals surface area contributed by atoms with Crippen LogP contribution in [0.15, 0.2) is 36.7 Å². The number of benzene rings is 1. The second-order valence-electron chi connectivity index (χ2n) is 5.99. The van der Waals surface area contributed by atoms with Crippen molar-refractivity contribution in [2.75, 3.05) is 14.2 Å². The Hall–Kier alpha value is -3.49. The molecule has 0 spiro atoms. The van der Waals surface area contributed by atoms with Crippen LogP contribution in [0.3, 0.4) is 0 Å². The van der Waals surface area contributed by atoms with E-state index in [-0.39, 0.29) is 11.9 Å². The lowest BCUT2D eigenvalue weighted by atomic mass is 10.1.